The molecule has 0 saturated carbocycles. The zero-order valence-electron chi connectivity index (χ0n) is 12.0. The van der Waals surface area contributed by atoms with E-state index in [-0.39, 0.29) is 15.4 Å². The van der Waals surface area contributed by atoms with Crippen LogP contribution in [0.2, 0.25) is 5.02 Å². The fourth-order valence-electron chi connectivity index (χ4n) is 2.28. The maximum Gasteiger partial charge on any atom is 0.269 e. The number of nitrogens with one attached hydrogen (secondary N) is 1. The predicted molar refractivity (Wildman–Crippen MR) is 91.1 cm³/mol. The fraction of sp³-hybridized carbons (Fsp3) is 0.0625. The van der Waals surface area contributed by atoms with Crippen LogP contribution in [0.3, 0.4) is 0 Å². The van der Waals surface area contributed by atoms with Crippen LogP contribution in [0, 0.1) is 4.77 Å². The van der Waals surface area contributed by atoms with Crippen LogP contribution in [-0.2, 0) is 0 Å². The molecule has 0 unspecified atom stereocenters. The van der Waals surface area contributed by atoms with Gasteiger partial charge in [0.05, 0.1) is 23.0 Å². The number of hydrogen-bond acceptors (Lipinski definition) is 4. The van der Waals surface area contributed by atoms with Crippen LogP contribution < -0.4 is 10.3 Å². The summed E-state index contributed by atoms with van der Waals surface area (Å²) >= 11 is 11.2. The van der Waals surface area contributed by atoms with Crippen LogP contribution in [-0.4, -0.2) is 22.6 Å². The Morgan fingerprint density at radius 3 is 2.70 bits per heavy atom. The van der Waals surface area contributed by atoms with Gasteiger partial charge in [0.1, 0.15) is 5.75 Å². The van der Waals surface area contributed by atoms with Gasteiger partial charge in [-0.2, -0.15) is 0 Å². The Morgan fingerprint density at radius 1 is 1.26 bits per heavy atom. The van der Waals surface area contributed by atoms with Crippen molar-refractivity contribution in [2.75, 3.05) is 7.11 Å². The minimum Gasteiger partial charge on any atom is -0.495 e. The van der Waals surface area contributed by atoms with Crippen molar-refractivity contribution in [3.63, 3.8) is 0 Å². The van der Waals surface area contributed by atoms with E-state index < -0.39 is 11.5 Å². The highest BCUT2D eigenvalue weighted by atomic mass is 35.5. The van der Waals surface area contributed by atoms with E-state index in [1.807, 2.05) is 0 Å². The number of aromatic nitrogens is 2. The summed E-state index contributed by atoms with van der Waals surface area (Å²) < 4.78 is 6.01. The van der Waals surface area contributed by atoms with Crippen LogP contribution in [0.25, 0.3) is 10.9 Å². The van der Waals surface area contributed by atoms with Gasteiger partial charge in [-0.3, -0.25) is 9.59 Å². The first-order valence-corrected chi connectivity index (χ1v) is 7.44. The van der Waals surface area contributed by atoms with Gasteiger partial charge in [-0.1, -0.05) is 23.7 Å². The molecule has 7 heteroatoms. The molecule has 3 aromatic rings. The lowest BCUT2D eigenvalue weighted by Gasteiger charge is -2.08. The molecule has 0 amide bonds. The summed E-state index contributed by atoms with van der Waals surface area (Å²) in [5, 5.41) is 0.663. The fourth-order valence-corrected chi connectivity index (χ4v) is 2.81. The Hall–Kier alpha value is -2.44. The molecule has 0 atom stereocenters. The van der Waals surface area contributed by atoms with Crippen LogP contribution in [0.1, 0.15) is 10.4 Å². The summed E-state index contributed by atoms with van der Waals surface area (Å²) in [5.74, 6) is -0.106. The highest BCUT2D eigenvalue weighted by Gasteiger charge is 2.16. The molecule has 3 rings (SSSR count). The number of benzene rings is 2. The molecule has 23 heavy (non-hydrogen) atoms. The third kappa shape index (κ3) is 2.67. The summed E-state index contributed by atoms with van der Waals surface area (Å²) in [4.78, 5) is 28.1. The monoisotopic (exact) mass is 346 g/mol. The number of rotatable bonds is 2. The minimum absolute atomic E-state index is 0.0330. The molecule has 2 aromatic carbocycles. The standard InChI is InChI=1S/C16H11ClN2O3S/c1-22-13-7-6-9(8-11(13)17)14(20)19-15(21)10-4-2-3-5-12(10)18-16(19)23/h2-8H,1H3,(H,18,23). The van der Waals surface area contributed by atoms with Crippen LogP contribution in [0.4, 0.5) is 0 Å². The molecule has 0 saturated heterocycles. The Bertz CT molecular complexity index is 1040. The lowest BCUT2D eigenvalue weighted by molar-refractivity contribution is 0.0953. The van der Waals surface area contributed by atoms with E-state index in [0.29, 0.717) is 16.7 Å². The summed E-state index contributed by atoms with van der Waals surface area (Å²) in [6, 6.07) is 11.4. The lowest BCUT2D eigenvalue weighted by atomic mass is 10.2. The van der Waals surface area contributed by atoms with E-state index in [9.17, 15) is 9.59 Å². The first-order chi connectivity index (χ1) is 11.0. The normalized spacial score (nSPS) is 10.7. The van der Waals surface area contributed by atoms with Crippen molar-refractivity contribution >= 4 is 40.6 Å². The molecular weight excluding hydrogens is 336 g/mol. The van der Waals surface area contributed by atoms with E-state index in [1.54, 1.807) is 30.3 Å². The van der Waals surface area contributed by atoms with Crippen LogP contribution >= 0.6 is 23.8 Å². The highest BCUT2D eigenvalue weighted by Crippen LogP contribution is 2.25. The Balaban J connectivity index is 2.20. The van der Waals surface area contributed by atoms with Gasteiger partial charge in [0.15, 0.2) is 4.77 Å². The van der Waals surface area contributed by atoms with Crippen molar-refractivity contribution in [3.05, 3.63) is 68.2 Å². The second-order valence-corrected chi connectivity index (χ2v) is 5.56. The van der Waals surface area contributed by atoms with E-state index in [4.69, 9.17) is 28.6 Å². The SMILES string of the molecule is COc1ccc(C(=O)n2c(=S)[nH]c3ccccc3c2=O)cc1Cl. The minimum atomic E-state index is -0.549. The van der Waals surface area contributed by atoms with Crippen molar-refractivity contribution in [2.24, 2.45) is 0 Å². The van der Waals surface area contributed by atoms with Crippen LogP contribution in [0.5, 0.6) is 5.75 Å². The molecule has 5 nitrogen and oxygen atoms in total. The van der Waals surface area contributed by atoms with E-state index in [2.05, 4.69) is 4.98 Å². The first-order valence-electron chi connectivity index (χ1n) is 6.65. The predicted octanol–water partition coefficient (Wildman–Crippen LogP) is 3.41. The average Bonchev–Trinajstić information content (AvgIpc) is 2.54. The van der Waals surface area contributed by atoms with Gasteiger partial charge >= 0.3 is 0 Å². The maximum atomic E-state index is 12.7. The largest absolute Gasteiger partial charge is 0.495 e. The van der Waals surface area contributed by atoms with Crippen LogP contribution in [0.15, 0.2) is 47.3 Å². The zero-order valence-corrected chi connectivity index (χ0v) is 13.6. The molecular formula is C16H11ClN2O3S. The quantitative estimate of drug-likeness (QED) is 0.722. The van der Waals surface area contributed by atoms with Gasteiger partial charge in [0.25, 0.3) is 11.5 Å². The number of fused-ring (bicyclic) bond motifs is 1. The summed E-state index contributed by atoms with van der Waals surface area (Å²) in [6.45, 7) is 0. The molecule has 0 bridgehead atoms. The van der Waals surface area contributed by atoms with Crippen molar-refractivity contribution in [2.45, 2.75) is 0 Å². The number of carbonyl (C=O) groups is 1. The van der Waals surface area contributed by atoms with E-state index in [0.717, 1.165) is 4.57 Å². The number of methoxy groups -OCH3 is 1. The summed E-state index contributed by atoms with van der Waals surface area (Å²) in [6.07, 6.45) is 0. The Morgan fingerprint density at radius 2 is 2.00 bits per heavy atom. The second-order valence-electron chi connectivity index (χ2n) is 4.77. The number of ether oxygens (including phenoxy) is 1. The second kappa shape index (κ2) is 5.98. The van der Waals surface area contributed by atoms with Gasteiger partial charge in [-0.25, -0.2) is 4.57 Å². The molecule has 1 aromatic heterocycles. The van der Waals surface area contributed by atoms with Crippen molar-refractivity contribution in [1.82, 2.24) is 9.55 Å². The lowest BCUT2D eigenvalue weighted by Crippen LogP contribution is -2.29. The Kier molecular flexibility index (Phi) is 4.02. The van der Waals surface area contributed by atoms with E-state index in [1.165, 1.54) is 19.2 Å². The van der Waals surface area contributed by atoms with Gasteiger partial charge in [0, 0.05) is 5.56 Å². The molecule has 0 aliphatic carbocycles. The maximum absolute atomic E-state index is 12.7. The molecule has 1 N–H and O–H groups in total. The van der Waals surface area contributed by atoms with Gasteiger partial charge < -0.3 is 9.72 Å². The smallest absolute Gasteiger partial charge is 0.269 e. The van der Waals surface area contributed by atoms with Crippen molar-refractivity contribution in [3.8, 4) is 5.75 Å². The number of aromatic amines is 1. The van der Waals surface area contributed by atoms with Crippen molar-refractivity contribution < 1.29 is 9.53 Å². The number of H-pyrrole nitrogens is 1. The van der Waals surface area contributed by atoms with Gasteiger partial charge in [-0.05, 0) is 42.5 Å². The average molecular weight is 347 g/mol. The van der Waals surface area contributed by atoms with Gasteiger partial charge in [-0.15, -0.1) is 0 Å². The Labute approximate surface area is 141 Å². The zero-order chi connectivity index (χ0) is 16.6. The number of halogens is 1. The summed E-state index contributed by atoms with van der Waals surface area (Å²) in [5.41, 5.74) is 0.355. The molecule has 0 fully saturated rings. The first kappa shape index (κ1) is 15.5. The number of para-hydroxylation sites is 1. The molecule has 0 aliphatic heterocycles. The van der Waals surface area contributed by atoms with Crippen molar-refractivity contribution in [1.29, 1.82) is 0 Å². The number of nitrogens with zero attached hydrogens (tertiary/aromatic N) is 1. The third-order valence-electron chi connectivity index (χ3n) is 3.41. The summed E-state index contributed by atoms with van der Waals surface area (Å²) in [7, 11) is 1.48. The molecule has 116 valence electrons. The highest BCUT2D eigenvalue weighted by molar-refractivity contribution is 7.71. The third-order valence-corrected chi connectivity index (χ3v) is 3.99. The van der Waals surface area contributed by atoms with Gasteiger partial charge in [0.2, 0.25) is 0 Å². The topological polar surface area (TPSA) is 64.1 Å². The van der Waals surface area contributed by atoms with E-state index >= 15 is 0 Å². The molecule has 0 radical (unpaired) electrons. The number of carbonyl (C=O) groups excluding carboxylic acids is 1. The molecule has 0 spiro atoms. The molecule has 1 heterocycles. The number of hydrogen-bond donors (Lipinski definition) is 1. The molecule has 0 aliphatic rings.